The number of nitrogens with one attached hydrogen (secondary N) is 1. The molecule has 3 heterocycles. The zero-order chi connectivity index (χ0) is 14.4. The van der Waals surface area contributed by atoms with E-state index in [2.05, 4.69) is 10.2 Å². The minimum absolute atomic E-state index is 0.0700. The van der Waals surface area contributed by atoms with Gasteiger partial charge in [-0.05, 0) is 31.7 Å². The number of hydrogen-bond acceptors (Lipinski definition) is 4. The maximum Gasteiger partial charge on any atom is 0.331 e. The average molecular weight is 279 g/mol. The summed E-state index contributed by atoms with van der Waals surface area (Å²) in [5.74, 6) is -1.60. The molecule has 3 aliphatic heterocycles. The molecule has 3 saturated heterocycles. The molecule has 4 amide bonds. The molecule has 0 bridgehead atoms. The summed E-state index contributed by atoms with van der Waals surface area (Å²) in [7, 11) is 0. The Bertz CT molecular complexity index is 463. The van der Waals surface area contributed by atoms with Crippen LogP contribution >= 0.6 is 0 Å². The summed E-state index contributed by atoms with van der Waals surface area (Å²) in [5.41, 5.74) is 0. The van der Waals surface area contributed by atoms with Crippen molar-refractivity contribution in [2.24, 2.45) is 11.8 Å². The summed E-state index contributed by atoms with van der Waals surface area (Å²) in [5, 5.41) is 2.36. The summed E-state index contributed by atoms with van der Waals surface area (Å²) in [6.45, 7) is 5.67. The van der Waals surface area contributed by atoms with Gasteiger partial charge in [0.05, 0.1) is 6.04 Å². The van der Waals surface area contributed by atoms with Gasteiger partial charge in [-0.25, -0.2) is 4.79 Å². The molecule has 110 valence electrons. The molecule has 0 spiro atoms. The quantitative estimate of drug-likeness (QED) is 0.750. The number of rotatable bonds is 2. The minimum atomic E-state index is -0.733. The van der Waals surface area contributed by atoms with E-state index in [1.807, 2.05) is 13.8 Å². The van der Waals surface area contributed by atoms with Gasteiger partial charge in [0.1, 0.15) is 5.92 Å². The lowest BCUT2D eigenvalue weighted by Crippen LogP contribution is -2.63. The fourth-order valence-electron chi connectivity index (χ4n) is 3.86. The van der Waals surface area contributed by atoms with Crippen LogP contribution < -0.4 is 5.32 Å². The van der Waals surface area contributed by atoms with Gasteiger partial charge in [0.2, 0.25) is 11.8 Å². The lowest BCUT2D eigenvalue weighted by molar-refractivity contribution is -0.146. The van der Waals surface area contributed by atoms with E-state index in [9.17, 15) is 14.4 Å². The zero-order valence-corrected chi connectivity index (χ0v) is 12.0. The van der Waals surface area contributed by atoms with Crippen LogP contribution in [-0.2, 0) is 9.59 Å². The van der Waals surface area contributed by atoms with Crippen LogP contribution in [-0.4, -0.2) is 52.8 Å². The monoisotopic (exact) mass is 279 g/mol. The Kier molecular flexibility index (Phi) is 3.28. The van der Waals surface area contributed by atoms with Crippen LogP contribution in [0.4, 0.5) is 4.79 Å². The minimum Gasteiger partial charge on any atom is -0.298 e. The largest absolute Gasteiger partial charge is 0.331 e. The van der Waals surface area contributed by atoms with Crippen LogP contribution in [0.3, 0.4) is 0 Å². The van der Waals surface area contributed by atoms with Crippen molar-refractivity contribution in [3.63, 3.8) is 0 Å². The van der Waals surface area contributed by atoms with Crippen molar-refractivity contribution in [3.05, 3.63) is 0 Å². The van der Waals surface area contributed by atoms with Gasteiger partial charge >= 0.3 is 6.03 Å². The lowest BCUT2D eigenvalue weighted by Gasteiger charge is -2.37. The molecule has 6 heteroatoms. The third-order valence-corrected chi connectivity index (χ3v) is 4.80. The highest BCUT2D eigenvalue weighted by molar-refractivity contribution is 6.16. The number of urea groups is 1. The number of fused-ring (bicyclic) bond motifs is 1. The van der Waals surface area contributed by atoms with Crippen molar-refractivity contribution in [1.82, 2.24) is 15.1 Å². The van der Waals surface area contributed by atoms with E-state index in [0.717, 1.165) is 32.4 Å². The normalized spacial score (nSPS) is 34.9. The molecule has 20 heavy (non-hydrogen) atoms. The van der Waals surface area contributed by atoms with Gasteiger partial charge < -0.3 is 0 Å². The van der Waals surface area contributed by atoms with Crippen LogP contribution in [0, 0.1) is 11.8 Å². The molecule has 0 aliphatic carbocycles. The molecule has 3 atom stereocenters. The predicted octanol–water partition coefficient (Wildman–Crippen LogP) is 0.574. The maximum atomic E-state index is 12.6. The Hall–Kier alpha value is -1.43. The van der Waals surface area contributed by atoms with Gasteiger partial charge in [0.15, 0.2) is 0 Å². The summed E-state index contributed by atoms with van der Waals surface area (Å²) in [6.07, 6.45) is 2.97. The van der Waals surface area contributed by atoms with Crippen LogP contribution in [0.2, 0.25) is 0 Å². The second-order valence-corrected chi connectivity index (χ2v) is 6.33. The third-order valence-electron chi connectivity index (χ3n) is 4.80. The first-order valence-corrected chi connectivity index (χ1v) is 7.42. The first-order valence-electron chi connectivity index (χ1n) is 7.42. The third kappa shape index (κ3) is 1.93. The standard InChI is InChI=1S/C14H21N3O3/c1-8(2)11-12(18)15-14(20)17(13(11)19)10-5-7-16-6-3-4-9(10)16/h8-11H,3-7H2,1-2H3,(H,15,18,20). The van der Waals surface area contributed by atoms with Gasteiger partial charge in [0.25, 0.3) is 0 Å². The Labute approximate surface area is 118 Å². The van der Waals surface area contributed by atoms with Crippen molar-refractivity contribution in [2.45, 2.75) is 45.2 Å². The lowest BCUT2D eigenvalue weighted by atomic mass is 9.90. The summed E-state index contributed by atoms with van der Waals surface area (Å²) in [4.78, 5) is 40.2. The summed E-state index contributed by atoms with van der Waals surface area (Å²) >= 11 is 0. The van der Waals surface area contributed by atoms with Crippen LogP contribution in [0.5, 0.6) is 0 Å². The zero-order valence-electron chi connectivity index (χ0n) is 12.0. The molecule has 1 N–H and O–H groups in total. The molecule has 0 aromatic heterocycles. The second-order valence-electron chi connectivity index (χ2n) is 6.33. The molecule has 0 saturated carbocycles. The molecule has 0 aromatic carbocycles. The van der Waals surface area contributed by atoms with E-state index in [4.69, 9.17) is 0 Å². The number of imide groups is 2. The van der Waals surface area contributed by atoms with Crippen molar-refractivity contribution >= 4 is 17.8 Å². The number of nitrogens with zero attached hydrogens (tertiary/aromatic N) is 2. The first kappa shape index (κ1) is 13.5. The smallest absolute Gasteiger partial charge is 0.298 e. The number of amides is 4. The molecule has 3 aliphatic rings. The van der Waals surface area contributed by atoms with Crippen molar-refractivity contribution in [1.29, 1.82) is 0 Å². The second kappa shape index (κ2) is 4.84. The van der Waals surface area contributed by atoms with Gasteiger partial charge in [-0.3, -0.25) is 24.7 Å². The Morgan fingerprint density at radius 1 is 1.10 bits per heavy atom. The van der Waals surface area contributed by atoms with Crippen molar-refractivity contribution < 1.29 is 14.4 Å². The molecule has 3 rings (SSSR count). The Morgan fingerprint density at radius 2 is 1.85 bits per heavy atom. The van der Waals surface area contributed by atoms with E-state index in [0.29, 0.717) is 0 Å². The van der Waals surface area contributed by atoms with Crippen molar-refractivity contribution in [2.75, 3.05) is 13.1 Å². The molecule has 3 fully saturated rings. The molecular formula is C14H21N3O3. The molecule has 0 radical (unpaired) electrons. The topological polar surface area (TPSA) is 69.7 Å². The molecule has 6 nitrogen and oxygen atoms in total. The maximum absolute atomic E-state index is 12.6. The molecular weight excluding hydrogens is 258 g/mol. The number of carbonyl (C=O) groups is 3. The molecule has 0 aromatic rings. The fourth-order valence-corrected chi connectivity index (χ4v) is 3.86. The Morgan fingerprint density at radius 3 is 2.55 bits per heavy atom. The number of hydrogen-bond donors (Lipinski definition) is 1. The van der Waals surface area contributed by atoms with E-state index in [1.54, 1.807) is 0 Å². The first-order chi connectivity index (χ1) is 9.50. The van der Waals surface area contributed by atoms with Gasteiger partial charge in [-0.15, -0.1) is 0 Å². The number of carbonyl (C=O) groups excluding carboxylic acids is 3. The van der Waals surface area contributed by atoms with Gasteiger partial charge in [-0.1, -0.05) is 13.8 Å². The SMILES string of the molecule is CC(C)C1C(=O)NC(=O)N(C2CCN3CCCC23)C1=O. The average Bonchev–Trinajstić information content (AvgIpc) is 2.91. The van der Waals surface area contributed by atoms with E-state index >= 15 is 0 Å². The van der Waals surface area contributed by atoms with E-state index in [1.165, 1.54) is 4.90 Å². The fraction of sp³-hybridized carbons (Fsp3) is 0.786. The highest BCUT2D eigenvalue weighted by atomic mass is 16.2. The van der Waals surface area contributed by atoms with Crippen LogP contribution in [0.1, 0.15) is 33.1 Å². The summed E-state index contributed by atoms with van der Waals surface area (Å²) < 4.78 is 0. The van der Waals surface area contributed by atoms with Gasteiger partial charge in [-0.2, -0.15) is 0 Å². The van der Waals surface area contributed by atoms with E-state index in [-0.39, 0.29) is 23.9 Å². The Balaban J connectivity index is 1.86. The van der Waals surface area contributed by atoms with Crippen LogP contribution in [0.15, 0.2) is 0 Å². The van der Waals surface area contributed by atoms with Crippen LogP contribution in [0.25, 0.3) is 0 Å². The van der Waals surface area contributed by atoms with E-state index < -0.39 is 17.9 Å². The van der Waals surface area contributed by atoms with Gasteiger partial charge in [0, 0.05) is 12.6 Å². The summed E-state index contributed by atoms with van der Waals surface area (Å²) in [6, 6.07) is -0.319. The number of barbiturate groups is 1. The van der Waals surface area contributed by atoms with Crippen molar-refractivity contribution in [3.8, 4) is 0 Å². The molecule has 3 unspecified atom stereocenters. The highest BCUT2D eigenvalue weighted by Crippen LogP contribution is 2.33. The predicted molar refractivity (Wildman–Crippen MR) is 71.7 cm³/mol. The highest BCUT2D eigenvalue weighted by Gasteiger charge is 2.50.